The molecule has 0 saturated heterocycles. The summed E-state index contributed by atoms with van der Waals surface area (Å²) in [6.45, 7) is 3.75. The van der Waals surface area contributed by atoms with Crippen molar-refractivity contribution in [2.45, 2.75) is 20.4 Å². The van der Waals surface area contributed by atoms with Crippen molar-refractivity contribution < 1.29 is 23.9 Å². The molecule has 1 amide bonds. The number of hydrogen-bond acceptors (Lipinski definition) is 6. The molecule has 0 aliphatic carbocycles. The number of thiazole rings is 1. The van der Waals surface area contributed by atoms with E-state index in [2.05, 4.69) is 4.99 Å². The van der Waals surface area contributed by atoms with Crippen molar-refractivity contribution in [3.63, 3.8) is 0 Å². The summed E-state index contributed by atoms with van der Waals surface area (Å²) in [5.41, 5.74) is 1.16. The highest BCUT2D eigenvalue weighted by Gasteiger charge is 2.16. The van der Waals surface area contributed by atoms with Crippen LogP contribution in [0.25, 0.3) is 10.2 Å². The monoisotopic (exact) mass is 480 g/mol. The third kappa shape index (κ3) is 5.33. The van der Waals surface area contributed by atoms with Gasteiger partial charge in [0.15, 0.2) is 4.80 Å². The van der Waals surface area contributed by atoms with E-state index in [-0.39, 0.29) is 35.1 Å². The first-order valence-corrected chi connectivity index (χ1v) is 10.9. The minimum Gasteiger partial charge on any atom is -0.465 e. The Hall–Kier alpha value is -2.68. The lowest BCUT2D eigenvalue weighted by Gasteiger charge is -2.06. The predicted molar refractivity (Wildman–Crippen MR) is 119 cm³/mol. The minimum atomic E-state index is -0.587. The average Bonchev–Trinajstić information content (AvgIpc) is 3.04. The number of carbonyl (C=O) groups is 3. The lowest BCUT2D eigenvalue weighted by molar-refractivity contribution is -0.143. The number of benzene rings is 2. The highest BCUT2D eigenvalue weighted by atomic mass is 35.5. The van der Waals surface area contributed by atoms with Crippen LogP contribution in [0, 0.1) is 0 Å². The fraction of sp³-hybridized carbons (Fsp3) is 0.238. The summed E-state index contributed by atoms with van der Waals surface area (Å²) in [6, 6.07) is 9.39. The van der Waals surface area contributed by atoms with Gasteiger partial charge in [0.1, 0.15) is 6.54 Å². The quantitative estimate of drug-likeness (QED) is 0.485. The van der Waals surface area contributed by atoms with Crippen LogP contribution in [-0.4, -0.2) is 35.6 Å². The molecule has 1 aromatic heterocycles. The molecule has 3 aromatic rings. The molecule has 0 fully saturated rings. The van der Waals surface area contributed by atoms with Gasteiger partial charge in [0.2, 0.25) is 0 Å². The maximum absolute atomic E-state index is 12.8. The summed E-state index contributed by atoms with van der Waals surface area (Å²) in [5.74, 6) is -1.52. The van der Waals surface area contributed by atoms with Gasteiger partial charge >= 0.3 is 11.9 Å². The number of ether oxygens (including phenoxy) is 2. The maximum atomic E-state index is 12.8. The normalized spacial score (nSPS) is 11.5. The molecule has 0 spiro atoms. The second-order valence-corrected chi connectivity index (χ2v) is 8.07. The fourth-order valence-electron chi connectivity index (χ4n) is 2.80. The highest BCUT2D eigenvalue weighted by Crippen LogP contribution is 2.23. The van der Waals surface area contributed by atoms with E-state index in [0.717, 1.165) is 11.3 Å². The van der Waals surface area contributed by atoms with E-state index in [1.807, 2.05) is 0 Å². The number of amides is 1. The van der Waals surface area contributed by atoms with Crippen molar-refractivity contribution in [3.05, 3.63) is 62.4 Å². The molecular formula is C21H18Cl2N2O5S. The summed E-state index contributed by atoms with van der Waals surface area (Å²) in [6.07, 6.45) is 0. The topological polar surface area (TPSA) is 87.0 Å². The first-order chi connectivity index (χ1) is 14.8. The third-order valence-corrected chi connectivity index (χ3v) is 5.73. The summed E-state index contributed by atoms with van der Waals surface area (Å²) in [5, 5.41) is 0.566. The number of carbonyl (C=O) groups excluding carboxylic acids is 3. The summed E-state index contributed by atoms with van der Waals surface area (Å²) in [4.78, 5) is 41.4. The Labute approximate surface area is 191 Å². The van der Waals surface area contributed by atoms with Crippen LogP contribution in [-0.2, 0) is 20.8 Å². The Bertz CT molecular complexity index is 1230. The average molecular weight is 481 g/mol. The molecule has 0 atom stereocenters. The van der Waals surface area contributed by atoms with Crippen LogP contribution in [0.3, 0.4) is 0 Å². The van der Waals surface area contributed by atoms with Gasteiger partial charge in [0.05, 0.1) is 39.6 Å². The number of nitrogens with zero attached hydrogens (tertiary/aromatic N) is 2. The van der Waals surface area contributed by atoms with Crippen LogP contribution in [0.5, 0.6) is 0 Å². The van der Waals surface area contributed by atoms with Gasteiger partial charge in [0, 0.05) is 5.02 Å². The highest BCUT2D eigenvalue weighted by molar-refractivity contribution is 7.16. The smallest absolute Gasteiger partial charge is 0.338 e. The molecule has 162 valence electrons. The molecule has 0 N–H and O–H groups in total. The van der Waals surface area contributed by atoms with Crippen molar-refractivity contribution in [3.8, 4) is 0 Å². The van der Waals surface area contributed by atoms with Gasteiger partial charge < -0.3 is 14.0 Å². The fourth-order valence-corrected chi connectivity index (χ4v) is 4.35. The van der Waals surface area contributed by atoms with E-state index in [1.165, 1.54) is 12.1 Å². The standard InChI is InChI=1S/C21H18Cl2N2O5S/c1-3-29-18(26)11-25-16-8-5-12(20(28)30-4-2)9-17(16)31-21(25)24-19(27)14-7-6-13(22)10-15(14)23/h5-10H,3-4,11H2,1-2H3. The number of aromatic nitrogens is 1. The van der Waals surface area contributed by atoms with Crippen molar-refractivity contribution in [1.82, 2.24) is 4.57 Å². The number of rotatable bonds is 6. The predicted octanol–water partition coefficient (Wildman–Crippen LogP) is 4.49. The lowest BCUT2D eigenvalue weighted by Crippen LogP contribution is -2.23. The molecule has 0 aliphatic heterocycles. The van der Waals surface area contributed by atoms with Crippen molar-refractivity contribution >= 4 is 62.6 Å². The molecule has 31 heavy (non-hydrogen) atoms. The van der Waals surface area contributed by atoms with Crippen LogP contribution < -0.4 is 4.80 Å². The van der Waals surface area contributed by atoms with Gasteiger partial charge in [-0.1, -0.05) is 34.5 Å². The Kier molecular flexibility index (Phi) is 7.48. The largest absolute Gasteiger partial charge is 0.465 e. The van der Waals surface area contributed by atoms with Crippen molar-refractivity contribution in [2.24, 2.45) is 4.99 Å². The van der Waals surface area contributed by atoms with Gasteiger partial charge in [-0.25, -0.2) is 4.79 Å². The second kappa shape index (κ2) is 10.1. The van der Waals surface area contributed by atoms with Crippen LogP contribution in [0.4, 0.5) is 0 Å². The second-order valence-electron chi connectivity index (χ2n) is 6.22. The summed E-state index contributed by atoms with van der Waals surface area (Å²) >= 11 is 13.2. The SMILES string of the molecule is CCOC(=O)Cn1c(=NC(=O)c2ccc(Cl)cc2Cl)sc2cc(C(=O)OCC)ccc21. The zero-order valence-corrected chi connectivity index (χ0v) is 19.0. The van der Waals surface area contributed by atoms with Gasteiger partial charge in [-0.15, -0.1) is 0 Å². The Balaban J connectivity index is 2.12. The van der Waals surface area contributed by atoms with Gasteiger partial charge in [-0.2, -0.15) is 4.99 Å². The number of hydrogen-bond donors (Lipinski definition) is 0. The van der Waals surface area contributed by atoms with E-state index >= 15 is 0 Å². The van der Waals surface area contributed by atoms with E-state index in [1.54, 1.807) is 42.7 Å². The van der Waals surface area contributed by atoms with Crippen LogP contribution in [0.1, 0.15) is 34.6 Å². The third-order valence-electron chi connectivity index (χ3n) is 4.15. The minimum absolute atomic E-state index is 0.146. The van der Waals surface area contributed by atoms with Gasteiger partial charge in [-0.3, -0.25) is 9.59 Å². The molecule has 0 unspecified atom stereocenters. The van der Waals surface area contributed by atoms with Crippen LogP contribution >= 0.6 is 34.5 Å². The first kappa shape index (κ1) is 23.0. The first-order valence-electron chi connectivity index (χ1n) is 9.34. The van der Waals surface area contributed by atoms with E-state index in [4.69, 9.17) is 32.7 Å². The molecule has 2 aromatic carbocycles. The zero-order valence-electron chi connectivity index (χ0n) is 16.7. The molecular weight excluding hydrogens is 463 g/mol. The number of esters is 2. The molecule has 3 rings (SSSR count). The number of fused-ring (bicyclic) bond motifs is 1. The molecule has 0 radical (unpaired) electrons. The van der Waals surface area contributed by atoms with E-state index < -0.39 is 17.8 Å². The van der Waals surface area contributed by atoms with Gasteiger partial charge in [0.25, 0.3) is 5.91 Å². The molecule has 1 heterocycles. The molecule has 0 saturated carbocycles. The molecule has 0 bridgehead atoms. The Morgan fingerprint density at radius 3 is 2.45 bits per heavy atom. The zero-order chi connectivity index (χ0) is 22.5. The van der Waals surface area contributed by atoms with Crippen LogP contribution in [0.2, 0.25) is 10.0 Å². The molecule has 7 nitrogen and oxygen atoms in total. The molecule has 10 heteroatoms. The van der Waals surface area contributed by atoms with E-state index in [9.17, 15) is 14.4 Å². The maximum Gasteiger partial charge on any atom is 0.338 e. The lowest BCUT2D eigenvalue weighted by atomic mass is 10.2. The number of halogens is 2. The van der Waals surface area contributed by atoms with Crippen LogP contribution in [0.15, 0.2) is 41.4 Å². The Morgan fingerprint density at radius 2 is 1.77 bits per heavy atom. The van der Waals surface area contributed by atoms with Crippen molar-refractivity contribution in [1.29, 1.82) is 0 Å². The van der Waals surface area contributed by atoms with Crippen molar-refractivity contribution in [2.75, 3.05) is 13.2 Å². The van der Waals surface area contributed by atoms with Gasteiger partial charge in [-0.05, 0) is 50.2 Å². The summed E-state index contributed by atoms with van der Waals surface area (Å²) in [7, 11) is 0. The Morgan fingerprint density at radius 1 is 1.03 bits per heavy atom. The molecule has 0 aliphatic rings. The van der Waals surface area contributed by atoms with E-state index in [0.29, 0.717) is 20.8 Å². The summed E-state index contributed by atoms with van der Waals surface area (Å²) < 4.78 is 12.3.